The van der Waals surface area contributed by atoms with Gasteiger partial charge in [0.25, 0.3) is 0 Å². The number of aromatic nitrogens is 3. The molecule has 458 valence electrons. The Bertz CT molecular complexity index is 4580. The number of aryl methyl sites for hydroxylation is 9. The number of rotatable bonds is 3. The lowest BCUT2D eigenvalue weighted by Gasteiger charge is -2.23. The molecule has 0 fully saturated rings. The first-order valence-corrected chi connectivity index (χ1v) is 33.8. The summed E-state index contributed by atoms with van der Waals surface area (Å²) in [6.07, 6.45) is 19.9. The van der Waals surface area contributed by atoms with Crippen molar-refractivity contribution < 1.29 is 28.7 Å². The van der Waals surface area contributed by atoms with Gasteiger partial charge in [-0.15, -0.1) is 0 Å². The number of hydrogen-bond donors (Lipinski definition) is 0. The van der Waals surface area contributed by atoms with Crippen LogP contribution in [0.15, 0.2) is 182 Å². The maximum absolute atomic E-state index is 6.95. The Hall–Kier alpha value is -9.81. The van der Waals surface area contributed by atoms with E-state index in [9.17, 15) is 0 Å². The van der Waals surface area contributed by atoms with Gasteiger partial charge in [-0.1, -0.05) is 114 Å². The normalized spacial score (nSPS) is 17.6. The molecule has 0 saturated heterocycles. The van der Waals surface area contributed by atoms with Crippen LogP contribution in [0.5, 0.6) is 17.2 Å². The predicted octanol–water partition coefficient (Wildman–Crippen LogP) is 15.4. The van der Waals surface area contributed by atoms with E-state index in [1.54, 1.807) is 0 Å². The van der Waals surface area contributed by atoms with Crippen molar-refractivity contribution in [3.63, 3.8) is 0 Å². The molecule has 0 saturated carbocycles. The van der Waals surface area contributed by atoms with E-state index in [2.05, 4.69) is 233 Å². The van der Waals surface area contributed by atoms with Gasteiger partial charge >= 0.3 is 17.5 Å². The van der Waals surface area contributed by atoms with E-state index in [4.69, 9.17) is 14.5 Å². The number of pyridine rings is 3. The molecule has 0 amide bonds. The molecule has 92 heavy (non-hydrogen) atoms. The van der Waals surface area contributed by atoms with Crippen molar-refractivity contribution in [3.8, 4) is 50.6 Å². The molecule has 1 unspecified atom stereocenters. The lowest BCUT2D eigenvalue weighted by molar-refractivity contribution is -0.866. The maximum atomic E-state index is 6.95. The van der Waals surface area contributed by atoms with Crippen molar-refractivity contribution >= 4 is 51.6 Å². The average Bonchev–Trinajstić information content (AvgIpc) is 1.56. The molecule has 0 radical (unpaired) electrons. The second kappa shape index (κ2) is 22.2. The number of fused-ring (bicyclic) bond motifs is 5. The highest BCUT2D eigenvalue weighted by Crippen LogP contribution is 2.54. The molecule has 12 nitrogen and oxygen atoms in total. The summed E-state index contributed by atoms with van der Waals surface area (Å²) in [5.41, 5.74) is 26.6. The number of hydrogen-bond acceptors (Lipinski definition) is 9. The van der Waals surface area contributed by atoms with Gasteiger partial charge < -0.3 is 14.7 Å². The first-order valence-electron chi connectivity index (χ1n) is 33.8. The van der Waals surface area contributed by atoms with Crippen molar-refractivity contribution in [1.29, 1.82) is 0 Å². The molecule has 3 aromatic heterocycles. The van der Waals surface area contributed by atoms with Crippen LogP contribution in [0.25, 0.3) is 33.4 Å². The van der Waals surface area contributed by atoms with Gasteiger partial charge in [0.1, 0.15) is 18.6 Å². The molecule has 20 rings (SSSR count). The Kier molecular flexibility index (Phi) is 13.3. The quantitative estimate of drug-likeness (QED) is 0.161. The van der Waals surface area contributed by atoms with Crippen LogP contribution in [-0.2, 0) is 38.5 Å². The fraction of sp³-hybridized carbons (Fsp3) is 0.287. The van der Waals surface area contributed by atoms with Crippen molar-refractivity contribution in [3.05, 3.63) is 232 Å². The molecule has 16 bridgehead atoms. The van der Waals surface area contributed by atoms with Gasteiger partial charge in [0, 0.05) is 37.8 Å². The summed E-state index contributed by atoms with van der Waals surface area (Å²) >= 11 is 0. The van der Waals surface area contributed by atoms with Gasteiger partial charge in [0.15, 0.2) is 20.0 Å². The Labute approximate surface area is 539 Å². The summed E-state index contributed by atoms with van der Waals surface area (Å²) < 4.78 is 6.04. The third-order valence-corrected chi connectivity index (χ3v) is 21.1. The highest BCUT2D eigenvalue weighted by atomic mass is 16.7. The standard InChI is InChI=1S/C80H78N9O3/c1-53-13-24-62(25-14-53)66-44-69-78-72(47-66)91-88-38-32-59-21-19-56-8-4-9-58-31-37-87-75(41-58)84-52-83(71-46-68(48-73(90-87)79(71)84)64-28-17-55(3)18-29-64)36-7-12-65-40-57(10-5-34-81(69)50-85(78)76(88)42-59)23-30-61(65)11-6-35-82-51-86-77-43-60(22-20-56)33-39-89(77)92-74-49-67(45-70(82)80(74)86)63-26-15-54(2)16-27-63/h13-18,23-33,37-49,56H,4-12,19-22,34-36,50-52H2,1-3H3/q+3. The van der Waals surface area contributed by atoms with Gasteiger partial charge in [0.05, 0.1) is 17.1 Å². The Balaban J connectivity index is 0.745. The Morgan fingerprint density at radius 3 is 1.12 bits per heavy atom. The minimum atomic E-state index is 0.496. The lowest BCUT2D eigenvalue weighted by atomic mass is 9.88. The number of anilines is 9. The Morgan fingerprint density at radius 1 is 0.326 bits per heavy atom. The Morgan fingerprint density at radius 2 is 0.696 bits per heavy atom. The first kappa shape index (κ1) is 55.1. The summed E-state index contributed by atoms with van der Waals surface area (Å²) in [6, 6.07) is 62.5. The van der Waals surface area contributed by atoms with Crippen LogP contribution in [-0.4, -0.2) is 39.6 Å². The highest BCUT2D eigenvalue weighted by molar-refractivity contribution is 5.93. The zero-order valence-electron chi connectivity index (χ0n) is 53.1. The van der Waals surface area contributed by atoms with Crippen LogP contribution >= 0.6 is 0 Å². The fourth-order valence-electron chi connectivity index (χ4n) is 16.0. The minimum Gasteiger partial charge on any atom is -0.332 e. The zero-order valence-corrected chi connectivity index (χ0v) is 53.1. The van der Waals surface area contributed by atoms with E-state index < -0.39 is 0 Å². The van der Waals surface area contributed by atoms with Crippen LogP contribution in [0.4, 0.5) is 51.6 Å². The van der Waals surface area contributed by atoms with Crippen LogP contribution < -0.4 is 58.1 Å². The van der Waals surface area contributed by atoms with Gasteiger partial charge in [-0.25, -0.2) is 14.7 Å². The highest BCUT2D eigenvalue weighted by Gasteiger charge is 2.46. The summed E-state index contributed by atoms with van der Waals surface area (Å²) in [5, 5.41) is 0. The molecule has 0 spiro atoms. The number of nitrogens with zero attached hydrogens (tertiary/aromatic N) is 9. The molecule has 10 aliphatic rings. The van der Waals surface area contributed by atoms with Gasteiger partial charge in [0.2, 0.25) is 34.3 Å². The minimum absolute atomic E-state index is 0.496. The molecule has 10 aromatic rings. The van der Waals surface area contributed by atoms with Gasteiger partial charge in [-0.3, -0.25) is 14.5 Å². The summed E-state index contributed by atoms with van der Waals surface area (Å²) in [4.78, 5) is 36.3. The molecule has 0 N–H and O–H groups in total. The molecule has 12 heteroatoms. The summed E-state index contributed by atoms with van der Waals surface area (Å²) in [6.45, 7) is 11.6. The van der Waals surface area contributed by atoms with Crippen LogP contribution in [0.2, 0.25) is 0 Å². The first-order chi connectivity index (χ1) is 45.2. The smallest absolute Gasteiger partial charge is 0.323 e. The third-order valence-electron chi connectivity index (χ3n) is 21.1. The monoisotopic (exact) mass is 1210 g/mol. The van der Waals surface area contributed by atoms with E-state index in [-0.39, 0.29) is 0 Å². The van der Waals surface area contributed by atoms with E-state index in [1.807, 2.05) is 14.2 Å². The zero-order chi connectivity index (χ0) is 61.1. The van der Waals surface area contributed by atoms with Crippen LogP contribution in [0.1, 0.15) is 95.0 Å². The molecule has 13 heterocycles. The molecular weight excluding hydrogens is 1130 g/mol. The number of benzene rings is 7. The third kappa shape index (κ3) is 9.83. The van der Waals surface area contributed by atoms with Crippen molar-refractivity contribution in [1.82, 2.24) is 0 Å². The van der Waals surface area contributed by atoms with Crippen molar-refractivity contribution in [2.75, 3.05) is 69.0 Å². The largest absolute Gasteiger partial charge is 0.332 e. The average molecular weight is 1210 g/mol. The summed E-state index contributed by atoms with van der Waals surface area (Å²) in [5.74, 6) is 6.50. The molecule has 0 aliphatic carbocycles. The van der Waals surface area contributed by atoms with E-state index in [0.717, 1.165) is 158 Å². The predicted molar refractivity (Wildman–Crippen MR) is 365 cm³/mol. The second-order valence-corrected chi connectivity index (χ2v) is 27.3. The van der Waals surface area contributed by atoms with E-state index in [1.165, 1.54) is 118 Å². The molecule has 7 aromatic carbocycles. The second-order valence-electron chi connectivity index (χ2n) is 27.3. The van der Waals surface area contributed by atoms with Crippen LogP contribution in [0.3, 0.4) is 0 Å². The molecule has 10 aliphatic heterocycles. The molecule has 1 atom stereocenters. The fourth-order valence-corrected chi connectivity index (χ4v) is 16.0. The van der Waals surface area contributed by atoms with Gasteiger partial charge in [-0.05, 0) is 239 Å². The van der Waals surface area contributed by atoms with Crippen molar-refractivity contribution in [2.24, 2.45) is 5.92 Å². The SMILES string of the molecule is Cc1ccc(-c2cc3c4c(c2)N2CCCc5ccc6c(c5)CCCN5CN7c8c(cc(-c9ccc(C)cc9)cc85)O[n+]5ccc(cc57)CCCC(CCc5cc[n+](c(c5)N4C2)O3)CCc2cc[n+]3c(c2)N2CN(CCC6)c4cc(-c5ccc(C)cc5)cc(c42)O3)cc1. The van der Waals surface area contributed by atoms with E-state index >= 15 is 0 Å². The van der Waals surface area contributed by atoms with E-state index in [0.29, 0.717) is 5.92 Å². The molecular formula is C80H78N9O3+3. The van der Waals surface area contributed by atoms with Crippen LogP contribution in [0, 0.1) is 26.7 Å². The summed E-state index contributed by atoms with van der Waals surface area (Å²) in [7, 11) is 0. The van der Waals surface area contributed by atoms with Crippen molar-refractivity contribution in [2.45, 2.75) is 104 Å². The maximum Gasteiger partial charge on any atom is 0.323 e. The lowest BCUT2D eigenvalue weighted by Crippen LogP contribution is -2.48. The van der Waals surface area contributed by atoms with Gasteiger partial charge in [-0.2, -0.15) is 0 Å². The topological polar surface area (TPSA) is 58.8 Å².